The highest BCUT2D eigenvalue weighted by atomic mass is 35.5. The molecule has 0 amide bonds. The molecule has 2 aromatic rings. The van der Waals surface area contributed by atoms with Crippen molar-refractivity contribution in [1.29, 1.82) is 0 Å². The highest BCUT2D eigenvalue weighted by molar-refractivity contribution is 6.42. The van der Waals surface area contributed by atoms with Crippen molar-refractivity contribution in [1.82, 2.24) is 0 Å². The maximum Gasteiger partial charge on any atom is 0.0644 e. The summed E-state index contributed by atoms with van der Waals surface area (Å²) in [5.74, 6) is 0. The van der Waals surface area contributed by atoms with Crippen LogP contribution >= 0.6 is 23.2 Å². The van der Waals surface area contributed by atoms with Gasteiger partial charge in [0.2, 0.25) is 0 Å². The van der Waals surface area contributed by atoms with Crippen molar-refractivity contribution in [3.8, 4) is 0 Å². The second-order valence-corrected chi connectivity index (χ2v) is 5.46. The van der Waals surface area contributed by atoms with Crippen molar-refractivity contribution >= 4 is 28.9 Å². The van der Waals surface area contributed by atoms with Crippen LogP contribution < -0.4 is 5.32 Å². The lowest BCUT2D eigenvalue weighted by Crippen LogP contribution is -2.07. The Bertz CT molecular complexity index is 569. The molecule has 0 bridgehead atoms. The van der Waals surface area contributed by atoms with E-state index in [0.717, 1.165) is 16.8 Å². The van der Waals surface area contributed by atoms with Crippen LogP contribution in [-0.2, 0) is 6.42 Å². The third-order valence-electron chi connectivity index (χ3n) is 3.19. The second-order valence-electron chi connectivity index (χ2n) is 4.68. The molecule has 2 aromatic carbocycles. The van der Waals surface area contributed by atoms with Gasteiger partial charge in [-0.25, -0.2) is 0 Å². The number of hydrogen-bond acceptors (Lipinski definition) is 2. The van der Waals surface area contributed by atoms with Gasteiger partial charge in [-0.05, 0) is 42.7 Å². The number of aliphatic hydroxyl groups is 1. The molecule has 0 saturated carbocycles. The summed E-state index contributed by atoms with van der Waals surface area (Å²) >= 11 is 12.3. The van der Waals surface area contributed by atoms with E-state index in [1.165, 1.54) is 0 Å². The van der Waals surface area contributed by atoms with Gasteiger partial charge >= 0.3 is 0 Å². The summed E-state index contributed by atoms with van der Waals surface area (Å²) in [4.78, 5) is 0. The maximum atomic E-state index is 8.90. The average molecular weight is 310 g/mol. The summed E-state index contributed by atoms with van der Waals surface area (Å²) in [5.41, 5.74) is 3.10. The number of hydrogen-bond donors (Lipinski definition) is 2. The SMILES string of the molecule is CC(Nc1ccc(CCO)cc1)c1cccc(Cl)c1Cl. The van der Waals surface area contributed by atoms with Crippen LogP contribution in [-0.4, -0.2) is 11.7 Å². The molecule has 0 aromatic heterocycles. The van der Waals surface area contributed by atoms with Crippen LogP contribution in [0.25, 0.3) is 0 Å². The third-order valence-corrected chi connectivity index (χ3v) is 4.02. The Morgan fingerprint density at radius 1 is 1.10 bits per heavy atom. The molecular weight excluding hydrogens is 293 g/mol. The molecule has 0 aliphatic carbocycles. The summed E-state index contributed by atoms with van der Waals surface area (Å²) in [6, 6.07) is 13.7. The van der Waals surface area contributed by atoms with Crippen molar-refractivity contribution < 1.29 is 5.11 Å². The Hall–Kier alpha value is -1.22. The summed E-state index contributed by atoms with van der Waals surface area (Å²) in [7, 11) is 0. The predicted molar refractivity (Wildman–Crippen MR) is 85.7 cm³/mol. The molecule has 0 aliphatic heterocycles. The minimum absolute atomic E-state index is 0.0601. The largest absolute Gasteiger partial charge is 0.396 e. The summed E-state index contributed by atoms with van der Waals surface area (Å²) in [5, 5.41) is 13.4. The van der Waals surface area contributed by atoms with Gasteiger partial charge in [-0.2, -0.15) is 0 Å². The summed E-state index contributed by atoms with van der Waals surface area (Å²) in [6.45, 7) is 2.21. The molecule has 0 radical (unpaired) electrons. The first-order valence-electron chi connectivity index (χ1n) is 6.52. The zero-order valence-electron chi connectivity index (χ0n) is 11.2. The normalized spacial score (nSPS) is 12.2. The van der Waals surface area contributed by atoms with E-state index in [-0.39, 0.29) is 12.6 Å². The number of aliphatic hydroxyl groups excluding tert-OH is 1. The van der Waals surface area contributed by atoms with Crippen molar-refractivity contribution in [2.75, 3.05) is 11.9 Å². The number of nitrogens with one attached hydrogen (secondary N) is 1. The van der Waals surface area contributed by atoms with E-state index in [4.69, 9.17) is 28.3 Å². The average Bonchev–Trinajstić information content (AvgIpc) is 2.44. The zero-order valence-corrected chi connectivity index (χ0v) is 12.7. The van der Waals surface area contributed by atoms with Crippen LogP contribution in [0.5, 0.6) is 0 Å². The van der Waals surface area contributed by atoms with Gasteiger partial charge < -0.3 is 10.4 Å². The van der Waals surface area contributed by atoms with Gasteiger partial charge in [0, 0.05) is 12.3 Å². The van der Waals surface area contributed by atoms with Gasteiger partial charge in [-0.15, -0.1) is 0 Å². The van der Waals surface area contributed by atoms with E-state index in [2.05, 4.69) is 5.32 Å². The monoisotopic (exact) mass is 309 g/mol. The molecule has 0 aliphatic rings. The van der Waals surface area contributed by atoms with E-state index in [9.17, 15) is 0 Å². The molecule has 106 valence electrons. The van der Waals surface area contributed by atoms with E-state index < -0.39 is 0 Å². The van der Waals surface area contributed by atoms with Crippen molar-refractivity contribution in [2.24, 2.45) is 0 Å². The fourth-order valence-corrected chi connectivity index (χ4v) is 2.55. The van der Waals surface area contributed by atoms with E-state index in [1.807, 2.05) is 43.3 Å². The van der Waals surface area contributed by atoms with Crippen LogP contribution in [0.15, 0.2) is 42.5 Å². The Morgan fingerprint density at radius 3 is 2.45 bits per heavy atom. The zero-order chi connectivity index (χ0) is 14.5. The van der Waals surface area contributed by atoms with E-state index >= 15 is 0 Å². The topological polar surface area (TPSA) is 32.3 Å². The van der Waals surface area contributed by atoms with Crippen molar-refractivity contribution in [3.63, 3.8) is 0 Å². The molecule has 2 nitrogen and oxygen atoms in total. The molecule has 0 spiro atoms. The first-order chi connectivity index (χ1) is 9.61. The van der Waals surface area contributed by atoms with Gasteiger partial charge in [-0.1, -0.05) is 47.5 Å². The number of benzene rings is 2. The molecule has 2 N–H and O–H groups in total. The predicted octanol–water partition coefficient (Wildman–Crippen LogP) is 4.70. The van der Waals surface area contributed by atoms with Crippen LogP contribution in [0.4, 0.5) is 5.69 Å². The van der Waals surface area contributed by atoms with Crippen molar-refractivity contribution in [2.45, 2.75) is 19.4 Å². The second kappa shape index (κ2) is 6.98. The molecule has 0 heterocycles. The Balaban J connectivity index is 2.11. The number of rotatable bonds is 5. The van der Waals surface area contributed by atoms with Crippen LogP contribution in [0.1, 0.15) is 24.1 Å². The van der Waals surface area contributed by atoms with Crippen LogP contribution in [0.3, 0.4) is 0 Å². The van der Waals surface area contributed by atoms with Gasteiger partial charge in [0.15, 0.2) is 0 Å². The Labute approximate surface area is 129 Å². The van der Waals surface area contributed by atoms with Gasteiger partial charge in [-0.3, -0.25) is 0 Å². The minimum atomic E-state index is 0.0601. The van der Waals surface area contributed by atoms with Crippen LogP contribution in [0, 0.1) is 0 Å². The quantitative estimate of drug-likeness (QED) is 0.839. The molecule has 20 heavy (non-hydrogen) atoms. The Morgan fingerprint density at radius 2 is 1.80 bits per heavy atom. The van der Waals surface area contributed by atoms with Crippen molar-refractivity contribution in [3.05, 3.63) is 63.6 Å². The Kier molecular flexibility index (Phi) is 5.30. The lowest BCUT2D eigenvalue weighted by Gasteiger charge is -2.17. The molecule has 1 unspecified atom stereocenters. The maximum absolute atomic E-state index is 8.90. The minimum Gasteiger partial charge on any atom is -0.396 e. The fraction of sp³-hybridized carbons (Fsp3) is 0.250. The standard InChI is InChI=1S/C16H17Cl2NO/c1-11(14-3-2-4-15(17)16(14)18)19-13-7-5-12(6-8-13)9-10-20/h2-8,11,19-20H,9-10H2,1H3. The molecule has 0 saturated heterocycles. The first kappa shape index (κ1) is 15.2. The van der Waals surface area contributed by atoms with Gasteiger partial charge in [0.1, 0.15) is 0 Å². The third kappa shape index (κ3) is 3.66. The number of anilines is 1. The molecular formula is C16H17Cl2NO. The molecule has 4 heteroatoms. The molecule has 1 atom stereocenters. The highest BCUT2D eigenvalue weighted by Crippen LogP contribution is 2.31. The summed E-state index contributed by atoms with van der Waals surface area (Å²) < 4.78 is 0. The first-order valence-corrected chi connectivity index (χ1v) is 7.27. The van der Waals surface area contributed by atoms with E-state index in [0.29, 0.717) is 16.5 Å². The fourth-order valence-electron chi connectivity index (χ4n) is 2.08. The van der Waals surface area contributed by atoms with Gasteiger partial charge in [0.05, 0.1) is 16.1 Å². The van der Waals surface area contributed by atoms with E-state index in [1.54, 1.807) is 6.07 Å². The smallest absolute Gasteiger partial charge is 0.0644 e. The van der Waals surface area contributed by atoms with Gasteiger partial charge in [0.25, 0.3) is 0 Å². The summed E-state index contributed by atoms with van der Waals surface area (Å²) in [6.07, 6.45) is 0.677. The molecule has 2 rings (SSSR count). The highest BCUT2D eigenvalue weighted by Gasteiger charge is 2.11. The van der Waals surface area contributed by atoms with Crippen LogP contribution in [0.2, 0.25) is 10.0 Å². The number of halogens is 2. The lowest BCUT2D eigenvalue weighted by molar-refractivity contribution is 0.299. The molecule has 0 fully saturated rings. The lowest BCUT2D eigenvalue weighted by atomic mass is 10.1.